The highest BCUT2D eigenvalue weighted by Gasteiger charge is 2.53. The van der Waals surface area contributed by atoms with E-state index in [0.29, 0.717) is 0 Å². The quantitative estimate of drug-likeness (QED) is 0.911. The van der Waals surface area contributed by atoms with Crippen molar-refractivity contribution in [3.8, 4) is 11.5 Å². The van der Waals surface area contributed by atoms with E-state index >= 15 is 0 Å². The molecule has 3 aliphatic rings. The van der Waals surface area contributed by atoms with Gasteiger partial charge in [-0.25, -0.2) is 0 Å². The van der Waals surface area contributed by atoms with Crippen molar-refractivity contribution >= 4 is 11.6 Å². The molecule has 2 N–H and O–H groups in total. The fraction of sp³-hybridized carbons (Fsp3) is 0.647. The van der Waals surface area contributed by atoms with Crippen LogP contribution in [0.4, 0.5) is 0 Å². The first-order chi connectivity index (χ1) is 9.94. The summed E-state index contributed by atoms with van der Waals surface area (Å²) < 4.78 is 12.2. The van der Waals surface area contributed by atoms with Crippen molar-refractivity contribution in [3.63, 3.8) is 0 Å². The molecule has 1 aromatic carbocycles. The normalized spacial score (nSPS) is 29.4. The molecule has 2 heterocycles. The molecule has 1 saturated carbocycles. The Hall–Kier alpha value is -0.930. The van der Waals surface area contributed by atoms with Crippen LogP contribution < -0.4 is 15.2 Å². The number of halogens is 1. The summed E-state index contributed by atoms with van der Waals surface area (Å²) in [4.78, 5) is 0. The van der Waals surface area contributed by atoms with E-state index in [0.717, 1.165) is 47.8 Å². The molecule has 0 bridgehead atoms. The van der Waals surface area contributed by atoms with Crippen LogP contribution in [-0.4, -0.2) is 18.2 Å². The molecule has 0 aromatic heterocycles. The standard InChI is InChI=1S/C17H22ClNO2/c1-8-6-11-13(17(4-5-17)10(3)19)15-12(7-9(2)20-15)14(18)16(11)21-8/h8-10H,4-7,19H2,1-3H3. The van der Waals surface area contributed by atoms with Crippen LogP contribution in [0.1, 0.15) is 50.3 Å². The Morgan fingerprint density at radius 2 is 1.67 bits per heavy atom. The number of ether oxygens (including phenoxy) is 2. The average molecular weight is 308 g/mol. The number of benzene rings is 1. The van der Waals surface area contributed by atoms with Crippen LogP contribution in [0.15, 0.2) is 0 Å². The monoisotopic (exact) mass is 307 g/mol. The van der Waals surface area contributed by atoms with Crippen molar-refractivity contribution in [2.75, 3.05) is 0 Å². The zero-order chi connectivity index (χ0) is 14.9. The first kappa shape index (κ1) is 13.7. The van der Waals surface area contributed by atoms with E-state index in [9.17, 15) is 0 Å². The van der Waals surface area contributed by atoms with Crippen LogP contribution in [0, 0.1) is 0 Å². The van der Waals surface area contributed by atoms with Crippen molar-refractivity contribution in [1.29, 1.82) is 0 Å². The van der Waals surface area contributed by atoms with Crippen molar-refractivity contribution < 1.29 is 9.47 Å². The Morgan fingerprint density at radius 1 is 1.10 bits per heavy atom. The minimum atomic E-state index is 0.0657. The van der Waals surface area contributed by atoms with E-state index in [2.05, 4.69) is 20.8 Å². The third kappa shape index (κ3) is 1.77. The molecule has 21 heavy (non-hydrogen) atoms. The van der Waals surface area contributed by atoms with E-state index in [1.807, 2.05) is 0 Å². The number of hydrogen-bond donors (Lipinski definition) is 1. The lowest BCUT2D eigenvalue weighted by Gasteiger charge is -2.25. The van der Waals surface area contributed by atoms with Crippen molar-refractivity contribution in [1.82, 2.24) is 0 Å². The van der Waals surface area contributed by atoms with E-state index in [-0.39, 0.29) is 23.7 Å². The van der Waals surface area contributed by atoms with E-state index in [4.69, 9.17) is 26.8 Å². The van der Waals surface area contributed by atoms with Crippen LogP contribution >= 0.6 is 11.6 Å². The molecule has 1 fully saturated rings. The van der Waals surface area contributed by atoms with Crippen LogP contribution in [0.2, 0.25) is 5.02 Å². The smallest absolute Gasteiger partial charge is 0.142 e. The van der Waals surface area contributed by atoms with E-state index in [1.54, 1.807) is 0 Å². The van der Waals surface area contributed by atoms with Gasteiger partial charge < -0.3 is 15.2 Å². The van der Waals surface area contributed by atoms with Gasteiger partial charge in [0.25, 0.3) is 0 Å². The largest absolute Gasteiger partial charge is 0.490 e. The molecule has 4 rings (SSSR count). The zero-order valence-electron chi connectivity index (χ0n) is 12.8. The second-order valence-electron chi connectivity index (χ2n) is 7.01. The second kappa shape index (κ2) is 4.30. The van der Waals surface area contributed by atoms with Gasteiger partial charge in [0.1, 0.15) is 23.7 Å². The van der Waals surface area contributed by atoms with E-state index in [1.165, 1.54) is 11.1 Å². The Kier molecular flexibility index (Phi) is 2.81. The molecule has 3 nitrogen and oxygen atoms in total. The topological polar surface area (TPSA) is 44.5 Å². The molecule has 0 radical (unpaired) electrons. The van der Waals surface area contributed by atoms with Gasteiger partial charge in [0.2, 0.25) is 0 Å². The molecular weight excluding hydrogens is 286 g/mol. The van der Waals surface area contributed by atoms with Crippen LogP contribution in [0.5, 0.6) is 11.5 Å². The Bertz CT molecular complexity index is 583. The Labute approximate surface area is 130 Å². The van der Waals surface area contributed by atoms with Crippen LogP contribution in [0.3, 0.4) is 0 Å². The first-order valence-corrected chi connectivity index (χ1v) is 8.28. The number of nitrogens with two attached hydrogens (primary N) is 1. The number of rotatable bonds is 2. The van der Waals surface area contributed by atoms with E-state index < -0.39 is 0 Å². The fourth-order valence-electron chi connectivity index (χ4n) is 4.06. The SMILES string of the molecule is CC1Cc2c(c(Cl)c3c(c2C2(C(C)N)CC2)OC(C)C3)O1. The van der Waals surface area contributed by atoms with Gasteiger partial charge in [0.05, 0.1) is 5.02 Å². The molecule has 0 saturated heterocycles. The second-order valence-corrected chi connectivity index (χ2v) is 7.39. The maximum absolute atomic E-state index is 6.62. The minimum Gasteiger partial charge on any atom is -0.490 e. The van der Waals surface area contributed by atoms with Crippen LogP contribution in [0.25, 0.3) is 0 Å². The number of fused-ring (bicyclic) bond motifs is 2. The lowest BCUT2D eigenvalue weighted by Crippen LogP contribution is -2.33. The summed E-state index contributed by atoms with van der Waals surface area (Å²) in [5.41, 5.74) is 10.1. The summed E-state index contributed by atoms with van der Waals surface area (Å²) in [5, 5.41) is 0.762. The van der Waals surface area contributed by atoms with Gasteiger partial charge in [-0.2, -0.15) is 0 Å². The highest BCUT2D eigenvalue weighted by molar-refractivity contribution is 6.33. The summed E-state index contributed by atoms with van der Waals surface area (Å²) >= 11 is 6.62. The third-order valence-corrected chi connectivity index (χ3v) is 5.72. The maximum Gasteiger partial charge on any atom is 0.142 e. The lowest BCUT2D eigenvalue weighted by molar-refractivity contribution is 0.249. The highest BCUT2D eigenvalue weighted by Crippen LogP contribution is 2.60. The molecule has 3 unspecified atom stereocenters. The highest BCUT2D eigenvalue weighted by atomic mass is 35.5. The zero-order valence-corrected chi connectivity index (χ0v) is 13.6. The van der Waals surface area contributed by atoms with Gasteiger partial charge in [-0.15, -0.1) is 0 Å². The predicted octanol–water partition coefficient (Wildman–Crippen LogP) is 3.37. The minimum absolute atomic E-state index is 0.0657. The summed E-state index contributed by atoms with van der Waals surface area (Å²) in [6.07, 6.45) is 4.40. The van der Waals surface area contributed by atoms with Gasteiger partial charge in [0, 0.05) is 41.0 Å². The van der Waals surface area contributed by atoms with Gasteiger partial charge in [-0.05, 0) is 33.6 Å². The molecule has 0 spiro atoms. The molecule has 114 valence electrons. The van der Waals surface area contributed by atoms with Crippen molar-refractivity contribution in [2.24, 2.45) is 5.73 Å². The van der Waals surface area contributed by atoms with Crippen LogP contribution in [-0.2, 0) is 18.3 Å². The Balaban J connectivity index is 1.98. The van der Waals surface area contributed by atoms with Gasteiger partial charge in [0.15, 0.2) is 0 Å². The van der Waals surface area contributed by atoms with Gasteiger partial charge in [-0.3, -0.25) is 0 Å². The Morgan fingerprint density at radius 3 is 2.24 bits per heavy atom. The molecular formula is C17H22ClNO2. The third-order valence-electron chi connectivity index (χ3n) is 5.32. The number of hydrogen-bond acceptors (Lipinski definition) is 3. The van der Waals surface area contributed by atoms with Crippen molar-refractivity contribution in [2.45, 2.75) is 70.1 Å². The molecule has 1 aliphatic carbocycles. The summed E-state index contributed by atoms with van der Waals surface area (Å²) in [6, 6.07) is 0.127. The summed E-state index contributed by atoms with van der Waals surface area (Å²) in [7, 11) is 0. The predicted molar refractivity (Wildman–Crippen MR) is 83.6 cm³/mol. The van der Waals surface area contributed by atoms with Gasteiger partial charge in [-0.1, -0.05) is 11.6 Å². The average Bonchev–Trinajstić information content (AvgIpc) is 2.98. The van der Waals surface area contributed by atoms with Gasteiger partial charge >= 0.3 is 0 Å². The van der Waals surface area contributed by atoms with Crippen molar-refractivity contribution in [3.05, 3.63) is 21.7 Å². The fourth-order valence-corrected chi connectivity index (χ4v) is 4.38. The molecule has 1 aromatic rings. The molecule has 0 amide bonds. The molecule has 4 heteroatoms. The summed E-state index contributed by atoms with van der Waals surface area (Å²) in [5.74, 6) is 1.90. The molecule has 3 atom stereocenters. The summed E-state index contributed by atoms with van der Waals surface area (Å²) in [6.45, 7) is 6.30. The first-order valence-electron chi connectivity index (χ1n) is 7.90. The lowest BCUT2D eigenvalue weighted by atomic mass is 9.82. The molecule has 2 aliphatic heterocycles. The maximum atomic E-state index is 6.62.